The summed E-state index contributed by atoms with van der Waals surface area (Å²) in [6, 6.07) is 4.55. The third-order valence-electron chi connectivity index (χ3n) is 1.96. The minimum absolute atomic E-state index is 0.0531. The number of nitro groups is 1. The topological polar surface area (TPSA) is 64.4 Å². The van der Waals surface area contributed by atoms with E-state index in [1.165, 1.54) is 12.1 Å². The first-order chi connectivity index (χ1) is 8.50. The molecule has 18 heavy (non-hydrogen) atoms. The predicted octanol–water partition coefficient (Wildman–Crippen LogP) is 3.05. The Balaban J connectivity index is 2.49. The zero-order valence-corrected chi connectivity index (χ0v) is 10.8. The van der Waals surface area contributed by atoms with Gasteiger partial charge in [-0.25, -0.2) is 8.78 Å². The Kier molecular flexibility index (Phi) is 5.93. The summed E-state index contributed by atoms with van der Waals surface area (Å²) in [5.74, 6) is 0. The molecule has 0 radical (unpaired) electrons. The number of rotatable bonds is 7. The van der Waals surface area contributed by atoms with Crippen molar-refractivity contribution in [1.82, 2.24) is 0 Å². The first-order valence-corrected chi connectivity index (χ1v) is 5.83. The second-order valence-electron chi connectivity index (χ2n) is 3.31. The van der Waals surface area contributed by atoms with Crippen molar-refractivity contribution in [2.45, 2.75) is 6.43 Å². The molecule has 0 heterocycles. The molecule has 0 aromatic heterocycles. The van der Waals surface area contributed by atoms with Gasteiger partial charge in [-0.1, -0.05) is 15.9 Å². The fourth-order valence-corrected chi connectivity index (χ4v) is 1.58. The molecular formula is C10H11BrF2N2O3. The Hall–Kier alpha value is -1.28. The highest BCUT2D eigenvalue weighted by molar-refractivity contribution is 9.10. The van der Waals surface area contributed by atoms with E-state index in [4.69, 9.17) is 0 Å². The summed E-state index contributed by atoms with van der Waals surface area (Å²) < 4.78 is 28.8. The number of anilines is 1. The van der Waals surface area contributed by atoms with E-state index >= 15 is 0 Å². The number of hydrogen-bond donors (Lipinski definition) is 1. The van der Waals surface area contributed by atoms with Crippen LogP contribution in [-0.4, -0.2) is 31.1 Å². The maximum absolute atomic E-state index is 11.8. The summed E-state index contributed by atoms with van der Waals surface area (Å²) in [7, 11) is 0. The molecule has 5 nitrogen and oxygen atoms in total. The number of nitro benzene ring substituents is 1. The molecule has 0 aliphatic heterocycles. The third-order valence-corrected chi connectivity index (χ3v) is 2.46. The number of benzene rings is 1. The van der Waals surface area contributed by atoms with E-state index in [0.29, 0.717) is 10.2 Å². The van der Waals surface area contributed by atoms with Gasteiger partial charge in [0.2, 0.25) is 0 Å². The van der Waals surface area contributed by atoms with Crippen LogP contribution in [0.5, 0.6) is 0 Å². The Bertz CT molecular complexity index is 418. The molecule has 0 bridgehead atoms. The maximum Gasteiger partial charge on any atom is 0.293 e. The molecule has 0 spiro atoms. The second-order valence-corrected chi connectivity index (χ2v) is 4.23. The highest BCUT2D eigenvalue weighted by atomic mass is 79.9. The number of alkyl halides is 2. The highest BCUT2D eigenvalue weighted by Crippen LogP contribution is 2.27. The van der Waals surface area contributed by atoms with E-state index < -0.39 is 18.0 Å². The van der Waals surface area contributed by atoms with Crippen molar-refractivity contribution in [2.75, 3.05) is 25.1 Å². The molecular weight excluding hydrogens is 314 g/mol. The number of hydrogen-bond acceptors (Lipinski definition) is 4. The SMILES string of the molecule is O=[N+]([O-])c1cc(Br)ccc1NCCOCC(F)F. The van der Waals surface area contributed by atoms with E-state index in [2.05, 4.69) is 26.0 Å². The standard InChI is InChI=1S/C10H11BrF2N2O3/c11-7-1-2-8(9(5-7)15(16)17)14-3-4-18-6-10(12)13/h1-2,5,10,14H,3-4,6H2. The van der Waals surface area contributed by atoms with Crippen molar-refractivity contribution < 1.29 is 18.4 Å². The van der Waals surface area contributed by atoms with Gasteiger partial charge in [-0.05, 0) is 12.1 Å². The van der Waals surface area contributed by atoms with Crippen LogP contribution >= 0.6 is 15.9 Å². The van der Waals surface area contributed by atoms with Gasteiger partial charge in [-0.3, -0.25) is 10.1 Å². The molecule has 0 aliphatic carbocycles. The van der Waals surface area contributed by atoms with E-state index in [1.807, 2.05) is 0 Å². The van der Waals surface area contributed by atoms with E-state index in [-0.39, 0.29) is 18.8 Å². The van der Waals surface area contributed by atoms with Crippen LogP contribution < -0.4 is 5.32 Å². The van der Waals surface area contributed by atoms with Gasteiger partial charge in [0.15, 0.2) is 0 Å². The van der Waals surface area contributed by atoms with Crippen LogP contribution in [0.1, 0.15) is 0 Å². The molecule has 1 aromatic carbocycles. The molecule has 1 aromatic rings. The fraction of sp³-hybridized carbons (Fsp3) is 0.400. The van der Waals surface area contributed by atoms with Crippen LogP contribution in [0.4, 0.5) is 20.2 Å². The third kappa shape index (κ3) is 4.92. The van der Waals surface area contributed by atoms with Crippen molar-refractivity contribution >= 4 is 27.3 Å². The molecule has 100 valence electrons. The summed E-state index contributed by atoms with van der Waals surface area (Å²) >= 11 is 3.13. The van der Waals surface area contributed by atoms with Crippen molar-refractivity contribution in [3.8, 4) is 0 Å². The van der Waals surface area contributed by atoms with Crippen LogP contribution in [0.25, 0.3) is 0 Å². The average molecular weight is 325 g/mol. The zero-order valence-electron chi connectivity index (χ0n) is 9.24. The van der Waals surface area contributed by atoms with Gasteiger partial charge in [0.25, 0.3) is 12.1 Å². The van der Waals surface area contributed by atoms with Crippen LogP contribution in [0.2, 0.25) is 0 Å². The number of halogens is 3. The van der Waals surface area contributed by atoms with Crippen LogP contribution in [0, 0.1) is 10.1 Å². The first kappa shape index (κ1) is 14.8. The second kappa shape index (κ2) is 7.22. The molecule has 1 rings (SSSR count). The van der Waals surface area contributed by atoms with Crippen molar-refractivity contribution in [2.24, 2.45) is 0 Å². The maximum atomic E-state index is 11.8. The van der Waals surface area contributed by atoms with Crippen molar-refractivity contribution in [3.63, 3.8) is 0 Å². The van der Waals surface area contributed by atoms with Gasteiger partial charge in [-0.15, -0.1) is 0 Å². The molecule has 0 amide bonds. The average Bonchev–Trinajstić information content (AvgIpc) is 2.29. The monoisotopic (exact) mass is 324 g/mol. The van der Waals surface area contributed by atoms with Gasteiger partial charge in [-0.2, -0.15) is 0 Å². The molecule has 0 aliphatic rings. The summed E-state index contributed by atoms with van der Waals surface area (Å²) in [6.45, 7) is -0.364. The van der Waals surface area contributed by atoms with Crippen molar-refractivity contribution in [3.05, 3.63) is 32.8 Å². The number of nitrogens with one attached hydrogen (secondary N) is 1. The first-order valence-electron chi connectivity index (χ1n) is 5.04. The molecule has 0 fully saturated rings. The van der Waals surface area contributed by atoms with Crippen molar-refractivity contribution in [1.29, 1.82) is 0 Å². The molecule has 1 N–H and O–H groups in total. The molecule has 0 saturated heterocycles. The van der Waals surface area contributed by atoms with Gasteiger partial charge in [0, 0.05) is 17.1 Å². The Labute approximate surface area is 110 Å². The Morgan fingerprint density at radius 3 is 2.83 bits per heavy atom. The van der Waals surface area contributed by atoms with E-state index in [1.54, 1.807) is 6.07 Å². The van der Waals surface area contributed by atoms with Gasteiger partial charge in [0.05, 0.1) is 11.5 Å². The van der Waals surface area contributed by atoms with Crippen LogP contribution in [-0.2, 0) is 4.74 Å². The van der Waals surface area contributed by atoms with E-state index in [9.17, 15) is 18.9 Å². The minimum atomic E-state index is -2.51. The highest BCUT2D eigenvalue weighted by Gasteiger charge is 2.13. The van der Waals surface area contributed by atoms with Gasteiger partial charge >= 0.3 is 0 Å². The Morgan fingerprint density at radius 1 is 1.50 bits per heavy atom. The molecule has 0 saturated carbocycles. The summed E-state index contributed by atoms with van der Waals surface area (Å²) in [6.07, 6.45) is -2.51. The summed E-state index contributed by atoms with van der Waals surface area (Å²) in [5.41, 5.74) is 0.238. The van der Waals surface area contributed by atoms with E-state index in [0.717, 1.165) is 0 Å². The smallest absolute Gasteiger partial charge is 0.293 e. The molecule has 0 unspecified atom stereocenters. The number of nitrogens with zero attached hydrogens (tertiary/aromatic N) is 1. The molecule has 8 heteroatoms. The largest absolute Gasteiger partial charge is 0.377 e. The lowest BCUT2D eigenvalue weighted by Crippen LogP contribution is -2.13. The van der Waals surface area contributed by atoms with Gasteiger partial charge < -0.3 is 10.1 Å². The quantitative estimate of drug-likeness (QED) is 0.475. The normalized spacial score (nSPS) is 10.7. The fourth-order valence-electron chi connectivity index (χ4n) is 1.24. The zero-order chi connectivity index (χ0) is 13.5. The number of ether oxygens (including phenoxy) is 1. The summed E-state index contributed by atoms with van der Waals surface area (Å²) in [4.78, 5) is 10.2. The lowest BCUT2D eigenvalue weighted by Gasteiger charge is -2.08. The van der Waals surface area contributed by atoms with Crippen LogP contribution in [0.15, 0.2) is 22.7 Å². The molecule has 0 atom stereocenters. The minimum Gasteiger partial charge on any atom is -0.377 e. The summed E-state index contributed by atoms with van der Waals surface area (Å²) in [5, 5.41) is 13.5. The van der Waals surface area contributed by atoms with Crippen LogP contribution in [0.3, 0.4) is 0 Å². The lowest BCUT2D eigenvalue weighted by molar-refractivity contribution is -0.384. The van der Waals surface area contributed by atoms with Gasteiger partial charge in [0.1, 0.15) is 12.3 Å². The lowest BCUT2D eigenvalue weighted by atomic mass is 10.2. The predicted molar refractivity (Wildman–Crippen MR) is 66.1 cm³/mol. The Morgan fingerprint density at radius 2 is 2.22 bits per heavy atom.